The Morgan fingerprint density at radius 1 is 1.31 bits per heavy atom. The summed E-state index contributed by atoms with van der Waals surface area (Å²) in [5.41, 5.74) is 0. The first-order valence-corrected chi connectivity index (χ1v) is 4.81. The quantitative estimate of drug-likeness (QED) is 0.532. The van der Waals surface area contributed by atoms with Crippen molar-refractivity contribution in [1.29, 1.82) is 0 Å². The molecule has 0 saturated heterocycles. The molecule has 0 aromatic heterocycles. The van der Waals surface area contributed by atoms with E-state index in [1.807, 2.05) is 0 Å². The molecule has 1 rings (SSSR count). The summed E-state index contributed by atoms with van der Waals surface area (Å²) in [5.74, 6) is -0.934. The van der Waals surface area contributed by atoms with E-state index in [1.165, 1.54) is 26.0 Å². The van der Waals surface area contributed by atoms with Crippen molar-refractivity contribution in [1.82, 2.24) is 0 Å². The van der Waals surface area contributed by atoms with Crippen LogP contribution in [0.25, 0.3) is 0 Å². The number of hydrogen-bond acceptors (Lipinski definition) is 6. The van der Waals surface area contributed by atoms with Gasteiger partial charge in [-0.2, -0.15) is 0 Å². The van der Waals surface area contributed by atoms with E-state index >= 15 is 0 Å². The van der Waals surface area contributed by atoms with E-state index in [0.717, 1.165) is 0 Å². The van der Waals surface area contributed by atoms with Crippen LogP contribution < -0.4 is 0 Å². The van der Waals surface area contributed by atoms with Gasteiger partial charge in [0.1, 0.15) is 18.8 Å². The number of esters is 2. The van der Waals surface area contributed by atoms with Gasteiger partial charge in [-0.1, -0.05) is 0 Å². The fourth-order valence-electron chi connectivity index (χ4n) is 1.27. The fraction of sp³-hybridized carbons (Fsp3) is 0.600. The molecule has 1 aliphatic rings. The molecule has 1 N–H and O–H groups in total. The van der Waals surface area contributed by atoms with Crippen LogP contribution in [0.1, 0.15) is 13.8 Å². The van der Waals surface area contributed by atoms with Gasteiger partial charge in [0.05, 0.1) is 0 Å². The lowest BCUT2D eigenvalue weighted by atomic mass is 10.1. The van der Waals surface area contributed by atoms with Crippen LogP contribution in [0.15, 0.2) is 12.2 Å². The summed E-state index contributed by atoms with van der Waals surface area (Å²) in [6.07, 6.45) is 0.446. The molecule has 0 spiro atoms. The summed E-state index contributed by atoms with van der Waals surface area (Å²) in [5, 5.41) is 9.21. The Morgan fingerprint density at radius 2 is 2.00 bits per heavy atom. The molecular formula is C10H14O6. The SMILES string of the molecule is CC(=O)OCC1OC(O)C=C[C@@H]1OC(C)=O. The smallest absolute Gasteiger partial charge is 0.303 e. The van der Waals surface area contributed by atoms with E-state index in [-0.39, 0.29) is 6.61 Å². The lowest BCUT2D eigenvalue weighted by Gasteiger charge is -2.29. The van der Waals surface area contributed by atoms with Crippen LogP contribution in [0.4, 0.5) is 0 Å². The van der Waals surface area contributed by atoms with Gasteiger partial charge in [0.15, 0.2) is 6.29 Å². The molecule has 0 bridgehead atoms. The molecule has 0 radical (unpaired) electrons. The summed E-state index contributed by atoms with van der Waals surface area (Å²) in [4.78, 5) is 21.4. The molecule has 0 aromatic carbocycles. The first kappa shape index (κ1) is 12.7. The zero-order valence-corrected chi connectivity index (χ0v) is 9.08. The van der Waals surface area contributed by atoms with Crippen molar-refractivity contribution < 1.29 is 28.9 Å². The van der Waals surface area contributed by atoms with Crippen molar-refractivity contribution in [2.75, 3.05) is 6.61 Å². The third kappa shape index (κ3) is 4.00. The van der Waals surface area contributed by atoms with Crippen molar-refractivity contribution in [3.05, 3.63) is 12.2 Å². The molecular weight excluding hydrogens is 216 g/mol. The van der Waals surface area contributed by atoms with Gasteiger partial charge in [-0.15, -0.1) is 0 Å². The van der Waals surface area contributed by atoms with E-state index in [9.17, 15) is 14.7 Å². The van der Waals surface area contributed by atoms with E-state index in [4.69, 9.17) is 14.2 Å². The summed E-state index contributed by atoms with van der Waals surface area (Å²) in [6.45, 7) is 2.45. The van der Waals surface area contributed by atoms with Crippen LogP contribution in [0.5, 0.6) is 0 Å². The Bertz CT molecular complexity index is 298. The van der Waals surface area contributed by atoms with Crippen molar-refractivity contribution >= 4 is 11.9 Å². The first-order valence-electron chi connectivity index (χ1n) is 4.81. The van der Waals surface area contributed by atoms with Crippen LogP contribution in [0, 0.1) is 0 Å². The fourth-order valence-corrected chi connectivity index (χ4v) is 1.27. The minimum absolute atomic E-state index is 0.0747. The second-order valence-corrected chi connectivity index (χ2v) is 3.33. The van der Waals surface area contributed by atoms with Crippen LogP contribution in [0.2, 0.25) is 0 Å². The van der Waals surface area contributed by atoms with Crippen LogP contribution in [-0.2, 0) is 23.8 Å². The van der Waals surface area contributed by atoms with Gasteiger partial charge in [0, 0.05) is 13.8 Å². The highest BCUT2D eigenvalue weighted by Gasteiger charge is 2.29. The molecule has 0 fully saturated rings. The van der Waals surface area contributed by atoms with E-state index in [2.05, 4.69) is 0 Å². The maximum Gasteiger partial charge on any atom is 0.303 e. The van der Waals surface area contributed by atoms with Crippen molar-refractivity contribution in [3.8, 4) is 0 Å². The number of aliphatic hydroxyl groups excluding tert-OH is 1. The van der Waals surface area contributed by atoms with Gasteiger partial charge in [0.2, 0.25) is 0 Å². The third-order valence-corrected chi connectivity index (χ3v) is 1.90. The minimum atomic E-state index is -1.08. The third-order valence-electron chi connectivity index (χ3n) is 1.90. The van der Waals surface area contributed by atoms with E-state index in [0.29, 0.717) is 0 Å². The van der Waals surface area contributed by atoms with Gasteiger partial charge in [0.25, 0.3) is 0 Å². The highest BCUT2D eigenvalue weighted by Crippen LogP contribution is 2.15. The Hall–Kier alpha value is -1.40. The average Bonchev–Trinajstić information content (AvgIpc) is 2.17. The molecule has 3 atom stereocenters. The largest absolute Gasteiger partial charge is 0.463 e. The highest BCUT2D eigenvalue weighted by molar-refractivity contribution is 5.66. The van der Waals surface area contributed by atoms with Crippen LogP contribution in [0.3, 0.4) is 0 Å². The number of carbonyl (C=O) groups is 2. The molecule has 16 heavy (non-hydrogen) atoms. The Morgan fingerprint density at radius 3 is 2.56 bits per heavy atom. The second-order valence-electron chi connectivity index (χ2n) is 3.33. The predicted molar refractivity (Wildman–Crippen MR) is 52.2 cm³/mol. The molecule has 0 saturated carbocycles. The summed E-state index contributed by atoms with van der Waals surface area (Å²) in [7, 11) is 0. The second kappa shape index (κ2) is 5.62. The molecule has 1 heterocycles. The van der Waals surface area contributed by atoms with Gasteiger partial charge >= 0.3 is 11.9 Å². The van der Waals surface area contributed by atoms with Crippen molar-refractivity contribution in [2.45, 2.75) is 32.3 Å². The zero-order chi connectivity index (χ0) is 12.1. The molecule has 90 valence electrons. The standard InChI is InChI=1S/C10H14O6/c1-6(11)14-5-9-8(15-7(2)12)3-4-10(13)16-9/h3-4,8-10,13H,5H2,1-2H3/t8-,9?,10?/m0/s1. The molecule has 2 unspecified atom stereocenters. The topological polar surface area (TPSA) is 82.1 Å². The Labute approximate surface area is 92.8 Å². The first-order chi connectivity index (χ1) is 7.49. The number of carbonyl (C=O) groups excluding carboxylic acids is 2. The van der Waals surface area contributed by atoms with E-state index < -0.39 is 30.4 Å². The molecule has 6 nitrogen and oxygen atoms in total. The van der Waals surface area contributed by atoms with Gasteiger partial charge < -0.3 is 19.3 Å². The molecule has 0 aromatic rings. The van der Waals surface area contributed by atoms with Crippen LogP contribution in [-0.4, -0.2) is 42.1 Å². The number of hydrogen-bond donors (Lipinski definition) is 1. The monoisotopic (exact) mass is 230 g/mol. The Balaban J connectivity index is 2.58. The van der Waals surface area contributed by atoms with E-state index in [1.54, 1.807) is 0 Å². The van der Waals surface area contributed by atoms with Crippen molar-refractivity contribution in [3.63, 3.8) is 0 Å². The molecule has 0 amide bonds. The average molecular weight is 230 g/mol. The van der Waals surface area contributed by atoms with Crippen LogP contribution >= 0.6 is 0 Å². The van der Waals surface area contributed by atoms with Crippen molar-refractivity contribution in [2.24, 2.45) is 0 Å². The summed E-state index contributed by atoms with van der Waals surface area (Å²) in [6, 6.07) is 0. The highest BCUT2D eigenvalue weighted by atomic mass is 16.6. The lowest BCUT2D eigenvalue weighted by Crippen LogP contribution is -2.41. The summed E-state index contributed by atoms with van der Waals surface area (Å²) < 4.78 is 14.7. The molecule has 6 heteroatoms. The molecule has 0 aliphatic carbocycles. The van der Waals surface area contributed by atoms with Gasteiger partial charge in [-0.25, -0.2) is 0 Å². The normalized spacial score (nSPS) is 28.6. The predicted octanol–water partition coefficient (Wildman–Crippen LogP) is -0.245. The number of aliphatic hydroxyl groups is 1. The van der Waals surface area contributed by atoms with Gasteiger partial charge in [-0.3, -0.25) is 9.59 Å². The zero-order valence-electron chi connectivity index (χ0n) is 9.08. The summed E-state index contributed by atoms with van der Waals surface area (Å²) >= 11 is 0. The van der Waals surface area contributed by atoms with Gasteiger partial charge in [-0.05, 0) is 12.2 Å². The number of rotatable bonds is 3. The molecule has 1 aliphatic heterocycles. The number of ether oxygens (including phenoxy) is 3. The maximum absolute atomic E-state index is 10.8. The lowest BCUT2D eigenvalue weighted by molar-refractivity contribution is -0.183. The maximum atomic E-state index is 10.8. The minimum Gasteiger partial charge on any atom is -0.463 e. The Kier molecular flexibility index (Phi) is 4.45.